The van der Waals surface area contributed by atoms with E-state index in [1.165, 1.54) is 5.56 Å². The van der Waals surface area contributed by atoms with Crippen molar-refractivity contribution in [2.45, 2.75) is 25.8 Å². The highest BCUT2D eigenvalue weighted by Gasteiger charge is 2.13. The van der Waals surface area contributed by atoms with Gasteiger partial charge < -0.3 is 15.2 Å². The summed E-state index contributed by atoms with van der Waals surface area (Å²) in [7, 11) is 3.39. The van der Waals surface area contributed by atoms with Gasteiger partial charge in [0, 0.05) is 18.0 Å². The highest BCUT2D eigenvalue weighted by Crippen LogP contribution is 2.31. The average Bonchev–Trinajstić information content (AvgIpc) is 2.48. The van der Waals surface area contributed by atoms with Gasteiger partial charge in [-0.2, -0.15) is 0 Å². The van der Waals surface area contributed by atoms with Crippen LogP contribution in [0.3, 0.4) is 0 Å². The highest BCUT2D eigenvalue weighted by atomic mass is 16.5. The Hall–Kier alpha value is -2.00. The summed E-state index contributed by atoms with van der Waals surface area (Å²) in [6, 6.07) is 14.5. The lowest BCUT2D eigenvalue weighted by molar-refractivity contribution is 0.394. The minimum atomic E-state index is 0.0866. The van der Waals surface area contributed by atoms with E-state index < -0.39 is 0 Å². The predicted molar refractivity (Wildman–Crippen MR) is 86.1 cm³/mol. The Bertz CT molecular complexity index is 579. The quantitative estimate of drug-likeness (QED) is 0.886. The number of rotatable bonds is 6. The molecule has 0 fully saturated rings. The molecule has 0 saturated heterocycles. The first-order valence-electron chi connectivity index (χ1n) is 7.17. The van der Waals surface area contributed by atoms with Gasteiger partial charge in [0.15, 0.2) is 0 Å². The summed E-state index contributed by atoms with van der Waals surface area (Å²) in [6.07, 6.45) is 1.59. The SMILES string of the molecule is COc1cc(C[C@@H](C)N)c(OC)cc1Cc1ccccc1. The van der Waals surface area contributed by atoms with Gasteiger partial charge in [0.1, 0.15) is 11.5 Å². The molecule has 2 rings (SSSR count). The third-order valence-electron chi connectivity index (χ3n) is 3.46. The first-order valence-corrected chi connectivity index (χ1v) is 7.17. The molecule has 2 aromatic rings. The van der Waals surface area contributed by atoms with E-state index in [-0.39, 0.29) is 6.04 Å². The van der Waals surface area contributed by atoms with Crippen LogP contribution < -0.4 is 15.2 Å². The Labute approximate surface area is 126 Å². The molecule has 0 aromatic heterocycles. The molecule has 1 atom stereocenters. The number of hydrogen-bond acceptors (Lipinski definition) is 3. The summed E-state index contributed by atoms with van der Waals surface area (Å²) < 4.78 is 11.1. The van der Waals surface area contributed by atoms with Crippen molar-refractivity contribution >= 4 is 0 Å². The molecule has 112 valence electrons. The van der Waals surface area contributed by atoms with Gasteiger partial charge in [-0.1, -0.05) is 30.3 Å². The van der Waals surface area contributed by atoms with Crippen molar-refractivity contribution in [1.29, 1.82) is 0 Å². The van der Waals surface area contributed by atoms with Gasteiger partial charge in [-0.25, -0.2) is 0 Å². The molecule has 0 aliphatic rings. The smallest absolute Gasteiger partial charge is 0.122 e. The number of nitrogens with two attached hydrogens (primary N) is 1. The second-order valence-corrected chi connectivity index (χ2v) is 5.32. The third-order valence-corrected chi connectivity index (χ3v) is 3.46. The van der Waals surface area contributed by atoms with Crippen LogP contribution in [0.2, 0.25) is 0 Å². The van der Waals surface area contributed by atoms with Crippen LogP contribution in [-0.4, -0.2) is 20.3 Å². The van der Waals surface area contributed by atoms with E-state index in [1.54, 1.807) is 14.2 Å². The highest BCUT2D eigenvalue weighted by molar-refractivity contribution is 5.48. The van der Waals surface area contributed by atoms with Crippen molar-refractivity contribution in [2.24, 2.45) is 5.73 Å². The van der Waals surface area contributed by atoms with E-state index in [0.29, 0.717) is 0 Å². The van der Waals surface area contributed by atoms with Crippen LogP contribution >= 0.6 is 0 Å². The minimum absolute atomic E-state index is 0.0866. The molecule has 0 radical (unpaired) electrons. The van der Waals surface area contributed by atoms with Crippen molar-refractivity contribution in [2.75, 3.05) is 14.2 Å². The van der Waals surface area contributed by atoms with E-state index in [4.69, 9.17) is 15.2 Å². The zero-order valence-electron chi connectivity index (χ0n) is 12.9. The fraction of sp³-hybridized carbons (Fsp3) is 0.333. The van der Waals surface area contributed by atoms with Gasteiger partial charge in [-0.05, 0) is 36.6 Å². The Balaban J connectivity index is 2.36. The van der Waals surface area contributed by atoms with E-state index in [1.807, 2.05) is 31.2 Å². The number of ether oxygens (including phenoxy) is 2. The van der Waals surface area contributed by atoms with E-state index in [9.17, 15) is 0 Å². The van der Waals surface area contributed by atoms with Crippen LogP contribution in [0.5, 0.6) is 11.5 Å². The number of benzene rings is 2. The Morgan fingerprint density at radius 3 is 2.10 bits per heavy atom. The molecule has 3 nitrogen and oxygen atoms in total. The molecule has 2 N–H and O–H groups in total. The van der Waals surface area contributed by atoms with Crippen LogP contribution in [-0.2, 0) is 12.8 Å². The average molecular weight is 285 g/mol. The van der Waals surface area contributed by atoms with Crippen molar-refractivity contribution in [3.63, 3.8) is 0 Å². The van der Waals surface area contributed by atoms with Crippen molar-refractivity contribution in [1.82, 2.24) is 0 Å². The van der Waals surface area contributed by atoms with Crippen molar-refractivity contribution < 1.29 is 9.47 Å². The predicted octanol–water partition coefficient (Wildman–Crippen LogP) is 3.18. The van der Waals surface area contributed by atoms with Crippen LogP contribution in [0.25, 0.3) is 0 Å². The summed E-state index contributed by atoms with van der Waals surface area (Å²) >= 11 is 0. The molecule has 0 aliphatic carbocycles. The zero-order chi connectivity index (χ0) is 15.2. The van der Waals surface area contributed by atoms with E-state index >= 15 is 0 Å². The van der Waals surface area contributed by atoms with Gasteiger partial charge in [0.05, 0.1) is 14.2 Å². The summed E-state index contributed by atoms with van der Waals surface area (Å²) in [5.41, 5.74) is 9.36. The van der Waals surface area contributed by atoms with Crippen molar-refractivity contribution in [3.05, 3.63) is 59.2 Å². The maximum absolute atomic E-state index is 5.90. The lowest BCUT2D eigenvalue weighted by Crippen LogP contribution is -2.18. The Morgan fingerprint density at radius 2 is 1.52 bits per heavy atom. The molecule has 0 amide bonds. The van der Waals surface area contributed by atoms with Gasteiger partial charge in [0.25, 0.3) is 0 Å². The molecule has 2 aromatic carbocycles. The van der Waals surface area contributed by atoms with Gasteiger partial charge in [-0.3, -0.25) is 0 Å². The fourth-order valence-corrected chi connectivity index (χ4v) is 2.48. The van der Waals surface area contributed by atoms with Gasteiger partial charge >= 0.3 is 0 Å². The fourth-order valence-electron chi connectivity index (χ4n) is 2.48. The first kappa shape index (κ1) is 15.4. The third kappa shape index (κ3) is 3.99. The maximum Gasteiger partial charge on any atom is 0.122 e. The van der Waals surface area contributed by atoms with Crippen LogP contribution in [0.4, 0.5) is 0 Å². The van der Waals surface area contributed by atoms with Gasteiger partial charge in [-0.15, -0.1) is 0 Å². The van der Waals surface area contributed by atoms with Crippen LogP contribution in [0.1, 0.15) is 23.6 Å². The molecule has 0 heterocycles. The Kier molecular flexibility index (Phi) is 5.23. The molecular weight excluding hydrogens is 262 g/mol. The first-order chi connectivity index (χ1) is 10.1. The second kappa shape index (κ2) is 7.14. The molecule has 0 bridgehead atoms. The van der Waals surface area contributed by atoms with E-state index in [0.717, 1.165) is 35.5 Å². The minimum Gasteiger partial charge on any atom is -0.496 e. The maximum atomic E-state index is 5.90. The largest absolute Gasteiger partial charge is 0.496 e. The van der Waals surface area contributed by atoms with Crippen molar-refractivity contribution in [3.8, 4) is 11.5 Å². The normalized spacial score (nSPS) is 12.0. The number of hydrogen-bond donors (Lipinski definition) is 1. The summed E-state index contributed by atoms with van der Waals surface area (Å²) in [5.74, 6) is 1.76. The summed E-state index contributed by atoms with van der Waals surface area (Å²) in [6.45, 7) is 1.99. The lowest BCUT2D eigenvalue weighted by atomic mass is 9.99. The molecule has 21 heavy (non-hydrogen) atoms. The lowest BCUT2D eigenvalue weighted by Gasteiger charge is -2.16. The number of methoxy groups -OCH3 is 2. The topological polar surface area (TPSA) is 44.5 Å². The van der Waals surface area contributed by atoms with Gasteiger partial charge in [0.2, 0.25) is 0 Å². The monoisotopic (exact) mass is 285 g/mol. The van der Waals surface area contributed by atoms with Crippen LogP contribution in [0, 0.1) is 0 Å². The molecule has 0 aliphatic heterocycles. The molecule has 0 saturated carbocycles. The standard InChI is InChI=1S/C18H23NO2/c1-13(19)9-15-11-18(21-3)16(12-17(15)20-2)10-14-7-5-4-6-8-14/h4-8,11-13H,9-10,19H2,1-3H3/t13-/m1/s1. The zero-order valence-corrected chi connectivity index (χ0v) is 12.9. The molecule has 3 heteroatoms. The molecular formula is C18H23NO2. The molecule has 0 unspecified atom stereocenters. The Morgan fingerprint density at radius 1 is 0.952 bits per heavy atom. The van der Waals surface area contributed by atoms with Crippen LogP contribution in [0.15, 0.2) is 42.5 Å². The summed E-state index contributed by atoms with van der Waals surface area (Å²) in [5, 5.41) is 0. The van der Waals surface area contributed by atoms with E-state index in [2.05, 4.69) is 18.2 Å². The second-order valence-electron chi connectivity index (χ2n) is 5.32. The molecule has 0 spiro atoms. The summed E-state index contributed by atoms with van der Waals surface area (Å²) in [4.78, 5) is 0.